The van der Waals surface area contributed by atoms with Crippen LogP contribution in [-0.2, 0) is 4.79 Å². The first kappa shape index (κ1) is 15.9. The standard InChI is InChI=1S/C15H20N2O3S/c1-10(2)7-11(18)8-16-14(19)9-21-15-17-12-5-3-4-6-13(12)20-15/h3-6,10-11,18H,7-9H2,1-2H3,(H,16,19). The van der Waals surface area contributed by atoms with Crippen LogP contribution in [0.5, 0.6) is 0 Å². The summed E-state index contributed by atoms with van der Waals surface area (Å²) >= 11 is 1.25. The molecule has 0 saturated heterocycles. The Bertz CT molecular complexity index is 564. The number of para-hydroxylation sites is 2. The van der Waals surface area contributed by atoms with E-state index in [0.717, 1.165) is 5.52 Å². The molecule has 1 aromatic carbocycles. The van der Waals surface area contributed by atoms with Crippen LogP contribution in [0.25, 0.3) is 11.1 Å². The lowest BCUT2D eigenvalue weighted by atomic mass is 10.1. The zero-order chi connectivity index (χ0) is 15.2. The Kier molecular flexibility index (Phi) is 5.64. The lowest BCUT2D eigenvalue weighted by Crippen LogP contribution is -2.33. The molecular formula is C15H20N2O3S. The number of aliphatic hydroxyl groups excluding tert-OH is 1. The van der Waals surface area contributed by atoms with Crippen LogP contribution >= 0.6 is 11.8 Å². The van der Waals surface area contributed by atoms with Crippen molar-refractivity contribution in [2.45, 2.75) is 31.6 Å². The number of rotatable bonds is 7. The summed E-state index contributed by atoms with van der Waals surface area (Å²) in [6.07, 6.45) is 0.182. The van der Waals surface area contributed by atoms with E-state index in [4.69, 9.17) is 4.42 Å². The van der Waals surface area contributed by atoms with E-state index in [0.29, 0.717) is 23.1 Å². The van der Waals surface area contributed by atoms with Crippen LogP contribution in [0, 0.1) is 5.92 Å². The molecule has 1 unspecified atom stereocenters. The first-order valence-electron chi connectivity index (χ1n) is 6.97. The molecule has 0 spiro atoms. The van der Waals surface area contributed by atoms with E-state index in [1.807, 2.05) is 38.1 Å². The molecule has 2 N–H and O–H groups in total. The molecule has 1 aromatic heterocycles. The molecule has 0 fully saturated rings. The number of fused-ring (bicyclic) bond motifs is 1. The second-order valence-corrected chi connectivity index (χ2v) is 6.25. The number of carbonyl (C=O) groups excluding carboxylic acids is 1. The number of amides is 1. The highest BCUT2D eigenvalue weighted by Crippen LogP contribution is 2.22. The molecule has 2 aromatic rings. The monoisotopic (exact) mass is 308 g/mol. The van der Waals surface area contributed by atoms with E-state index in [1.54, 1.807) is 0 Å². The van der Waals surface area contributed by atoms with Crippen LogP contribution in [0.2, 0.25) is 0 Å². The number of aliphatic hydroxyl groups is 1. The summed E-state index contributed by atoms with van der Waals surface area (Å²) in [6.45, 7) is 4.35. The molecule has 0 aliphatic rings. The zero-order valence-corrected chi connectivity index (χ0v) is 13.0. The van der Waals surface area contributed by atoms with Crippen LogP contribution in [0.15, 0.2) is 33.9 Å². The average molecular weight is 308 g/mol. The number of hydrogen-bond donors (Lipinski definition) is 2. The van der Waals surface area contributed by atoms with Crippen LogP contribution in [0.3, 0.4) is 0 Å². The van der Waals surface area contributed by atoms with Gasteiger partial charge in [0.1, 0.15) is 5.52 Å². The van der Waals surface area contributed by atoms with Crippen molar-refractivity contribution in [2.75, 3.05) is 12.3 Å². The third-order valence-corrected chi connectivity index (χ3v) is 3.71. The van der Waals surface area contributed by atoms with Gasteiger partial charge >= 0.3 is 0 Å². The summed E-state index contributed by atoms with van der Waals surface area (Å²) in [4.78, 5) is 16.0. The van der Waals surface area contributed by atoms with E-state index >= 15 is 0 Å². The molecule has 0 aliphatic heterocycles. The van der Waals surface area contributed by atoms with Gasteiger partial charge in [0.2, 0.25) is 5.91 Å². The third kappa shape index (κ3) is 5.06. The zero-order valence-electron chi connectivity index (χ0n) is 12.2. The van der Waals surface area contributed by atoms with Crippen molar-refractivity contribution in [1.82, 2.24) is 10.3 Å². The number of thioether (sulfide) groups is 1. The summed E-state index contributed by atoms with van der Waals surface area (Å²) in [5.74, 6) is 0.498. The number of benzene rings is 1. The number of aromatic nitrogens is 1. The number of oxazole rings is 1. The SMILES string of the molecule is CC(C)CC(O)CNC(=O)CSc1nc2ccccc2o1. The van der Waals surface area contributed by atoms with Gasteiger partial charge in [-0.15, -0.1) is 0 Å². The highest BCUT2D eigenvalue weighted by molar-refractivity contribution is 7.99. The average Bonchev–Trinajstić information content (AvgIpc) is 2.85. The van der Waals surface area contributed by atoms with Gasteiger partial charge in [-0.05, 0) is 24.5 Å². The van der Waals surface area contributed by atoms with E-state index < -0.39 is 6.10 Å². The minimum absolute atomic E-state index is 0.134. The fraction of sp³-hybridized carbons (Fsp3) is 0.467. The Balaban J connectivity index is 1.76. The van der Waals surface area contributed by atoms with Gasteiger partial charge in [-0.2, -0.15) is 0 Å². The summed E-state index contributed by atoms with van der Waals surface area (Å²) in [7, 11) is 0. The largest absolute Gasteiger partial charge is 0.431 e. The fourth-order valence-electron chi connectivity index (χ4n) is 1.95. The van der Waals surface area contributed by atoms with Crippen molar-refractivity contribution in [2.24, 2.45) is 5.92 Å². The molecule has 0 bridgehead atoms. The quantitative estimate of drug-likeness (QED) is 0.768. The molecule has 1 atom stereocenters. The van der Waals surface area contributed by atoms with E-state index in [-0.39, 0.29) is 18.2 Å². The molecule has 1 amide bonds. The first-order chi connectivity index (χ1) is 10.0. The second-order valence-electron chi connectivity index (χ2n) is 5.32. The number of hydrogen-bond acceptors (Lipinski definition) is 5. The fourth-order valence-corrected chi connectivity index (χ4v) is 2.62. The Hall–Kier alpha value is -1.53. The van der Waals surface area contributed by atoms with Crippen molar-refractivity contribution < 1.29 is 14.3 Å². The molecule has 2 rings (SSSR count). The van der Waals surface area contributed by atoms with E-state index in [1.165, 1.54) is 11.8 Å². The van der Waals surface area contributed by atoms with Gasteiger partial charge in [-0.1, -0.05) is 37.7 Å². The second kappa shape index (κ2) is 7.47. The minimum atomic E-state index is -0.497. The highest BCUT2D eigenvalue weighted by atomic mass is 32.2. The van der Waals surface area contributed by atoms with Crippen molar-refractivity contribution >= 4 is 28.8 Å². The van der Waals surface area contributed by atoms with Crippen molar-refractivity contribution in [1.29, 1.82) is 0 Å². The van der Waals surface area contributed by atoms with Gasteiger partial charge in [0.25, 0.3) is 5.22 Å². The summed E-state index contributed by atoms with van der Waals surface area (Å²) in [6, 6.07) is 7.48. The van der Waals surface area contributed by atoms with Crippen LogP contribution in [-0.4, -0.2) is 34.4 Å². The van der Waals surface area contributed by atoms with Crippen molar-refractivity contribution in [3.8, 4) is 0 Å². The lowest BCUT2D eigenvalue weighted by Gasteiger charge is -2.13. The lowest BCUT2D eigenvalue weighted by molar-refractivity contribution is -0.119. The Labute approximate surface area is 128 Å². The third-order valence-electron chi connectivity index (χ3n) is 2.88. The maximum absolute atomic E-state index is 11.7. The van der Waals surface area contributed by atoms with Crippen LogP contribution < -0.4 is 5.32 Å². The van der Waals surface area contributed by atoms with Gasteiger partial charge in [0, 0.05) is 6.54 Å². The molecule has 21 heavy (non-hydrogen) atoms. The maximum atomic E-state index is 11.7. The van der Waals surface area contributed by atoms with Gasteiger partial charge in [0.15, 0.2) is 5.58 Å². The summed E-state index contributed by atoms with van der Waals surface area (Å²) in [5, 5.41) is 12.9. The molecule has 5 nitrogen and oxygen atoms in total. The number of nitrogens with one attached hydrogen (secondary N) is 1. The number of carbonyl (C=O) groups is 1. The normalized spacial score (nSPS) is 12.8. The van der Waals surface area contributed by atoms with Gasteiger partial charge in [-0.3, -0.25) is 4.79 Å². The predicted molar refractivity (Wildman–Crippen MR) is 83.2 cm³/mol. The van der Waals surface area contributed by atoms with Crippen LogP contribution in [0.4, 0.5) is 0 Å². The summed E-state index contributed by atoms with van der Waals surface area (Å²) < 4.78 is 5.52. The van der Waals surface area contributed by atoms with Gasteiger partial charge < -0.3 is 14.8 Å². The molecule has 0 saturated carbocycles. The van der Waals surface area contributed by atoms with Crippen molar-refractivity contribution in [3.05, 3.63) is 24.3 Å². The molecule has 114 valence electrons. The van der Waals surface area contributed by atoms with Gasteiger partial charge in [-0.25, -0.2) is 4.98 Å². The van der Waals surface area contributed by atoms with Gasteiger partial charge in [0.05, 0.1) is 11.9 Å². The Morgan fingerprint density at radius 3 is 2.90 bits per heavy atom. The molecular weight excluding hydrogens is 288 g/mol. The maximum Gasteiger partial charge on any atom is 0.257 e. The first-order valence-corrected chi connectivity index (χ1v) is 7.96. The molecule has 0 radical (unpaired) electrons. The molecule has 1 heterocycles. The smallest absolute Gasteiger partial charge is 0.257 e. The Morgan fingerprint density at radius 1 is 1.43 bits per heavy atom. The predicted octanol–water partition coefficient (Wildman–Crippen LogP) is 2.44. The highest BCUT2D eigenvalue weighted by Gasteiger charge is 2.11. The number of nitrogens with zero attached hydrogens (tertiary/aromatic N) is 1. The molecule has 0 aliphatic carbocycles. The minimum Gasteiger partial charge on any atom is -0.431 e. The van der Waals surface area contributed by atoms with E-state index in [2.05, 4.69) is 10.3 Å². The molecule has 6 heteroatoms. The topological polar surface area (TPSA) is 75.4 Å². The summed E-state index contributed by atoms with van der Waals surface area (Å²) in [5.41, 5.74) is 1.50. The van der Waals surface area contributed by atoms with Crippen LogP contribution in [0.1, 0.15) is 20.3 Å². The van der Waals surface area contributed by atoms with Crippen molar-refractivity contribution in [3.63, 3.8) is 0 Å². The Morgan fingerprint density at radius 2 is 2.19 bits per heavy atom. The van der Waals surface area contributed by atoms with E-state index in [9.17, 15) is 9.90 Å².